The topological polar surface area (TPSA) is 80.3 Å². The highest BCUT2D eigenvalue weighted by molar-refractivity contribution is 6.36. The lowest BCUT2D eigenvalue weighted by Crippen LogP contribution is -2.69. The number of methoxy groups -OCH3 is 1. The zero-order valence-corrected chi connectivity index (χ0v) is 17.0. The van der Waals surface area contributed by atoms with E-state index in [1.807, 2.05) is 5.32 Å². The number of aryl methyl sites for hydroxylation is 2. The highest BCUT2D eigenvalue weighted by Gasteiger charge is 2.63. The number of amides is 1. The summed E-state index contributed by atoms with van der Waals surface area (Å²) >= 11 is 11.7. The summed E-state index contributed by atoms with van der Waals surface area (Å²) in [4.78, 5) is 28.8. The number of anilines is 1. The number of benzene rings is 1. The summed E-state index contributed by atoms with van der Waals surface area (Å²) in [6.07, 6.45) is -5.30. The maximum Gasteiger partial charge on any atom is 0.441 e. The number of rotatable bonds is 5. The van der Waals surface area contributed by atoms with Crippen LogP contribution in [-0.2, 0) is 9.53 Å². The summed E-state index contributed by atoms with van der Waals surface area (Å²) < 4.78 is 46.6. The Kier molecular flexibility index (Phi) is 6.64. The van der Waals surface area contributed by atoms with Crippen LogP contribution in [0.2, 0.25) is 10.0 Å². The molecular formula is C18H16Cl2F3N3O3. The Balaban J connectivity index is 2.56. The summed E-state index contributed by atoms with van der Waals surface area (Å²) in [6.45, 7) is 3.21. The van der Waals surface area contributed by atoms with Crippen molar-refractivity contribution in [1.82, 2.24) is 10.3 Å². The van der Waals surface area contributed by atoms with Crippen molar-refractivity contribution in [2.45, 2.75) is 25.7 Å². The first-order valence-corrected chi connectivity index (χ1v) is 8.81. The number of pyridine rings is 1. The van der Waals surface area contributed by atoms with Crippen molar-refractivity contribution in [2.75, 3.05) is 12.4 Å². The molecule has 0 aliphatic heterocycles. The Hall–Kier alpha value is -2.52. The van der Waals surface area contributed by atoms with Crippen LogP contribution in [-0.4, -0.2) is 35.8 Å². The second-order valence-corrected chi connectivity index (χ2v) is 6.96. The van der Waals surface area contributed by atoms with E-state index in [-0.39, 0.29) is 21.4 Å². The molecule has 11 heteroatoms. The third-order valence-corrected chi connectivity index (χ3v) is 4.35. The highest BCUT2D eigenvalue weighted by Crippen LogP contribution is 2.34. The molecule has 2 aromatic rings. The van der Waals surface area contributed by atoms with E-state index in [0.717, 1.165) is 13.2 Å². The van der Waals surface area contributed by atoms with Crippen molar-refractivity contribution in [3.63, 3.8) is 0 Å². The maximum absolute atomic E-state index is 14.1. The minimum atomic E-state index is -5.30. The fourth-order valence-corrected chi connectivity index (χ4v) is 3.05. The number of carbonyl (C=O) groups excluding carboxylic acids is 2. The van der Waals surface area contributed by atoms with Crippen molar-refractivity contribution in [2.24, 2.45) is 0 Å². The van der Waals surface area contributed by atoms with Crippen LogP contribution in [0.1, 0.15) is 21.6 Å². The number of carbonyl (C=O) groups is 2. The van der Waals surface area contributed by atoms with Crippen LogP contribution in [0.4, 0.5) is 19.0 Å². The van der Waals surface area contributed by atoms with Gasteiger partial charge in [0.05, 0.1) is 17.7 Å². The molecule has 1 amide bonds. The van der Waals surface area contributed by atoms with Crippen molar-refractivity contribution in [3.8, 4) is 0 Å². The molecule has 0 bridgehead atoms. The molecule has 1 heterocycles. The Morgan fingerprint density at radius 1 is 1.10 bits per heavy atom. The Bertz CT molecular complexity index is 933. The average molecular weight is 450 g/mol. The van der Waals surface area contributed by atoms with Gasteiger partial charge >= 0.3 is 17.8 Å². The minimum absolute atomic E-state index is 0.180. The van der Waals surface area contributed by atoms with Crippen LogP contribution in [0.25, 0.3) is 0 Å². The lowest BCUT2D eigenvalue weighted by molar-refractivity contribution is -0.203. The summed E-state index contributed by atoms with van der Waals surface area (Å²) in [7, 11) is 0.765. The summed E-state index contributed by atoms with van der Waals surface area (Å²) in [5, 5.41) is 3.64. The van der Waals surface area contributed by atoms with Gasteiger partial charge in [0.25, 0.3) is 5.91 Å². The molecule has 2 N–H and O–H groups in total. The molecule has 29 heavy (non-hydrogen) atoms. The second kappa shape index (κ2) is 8.46. The minimum Gasteiger partial charge on any atom is -0.466 e. The molecule has 156 valence electrons. The van der Waals surface area contributed by atoms with E-state index in [2.05, 4.69) is 9.72 Å². The number of esters is 1. The number of ether oxygens (including phenoxy) is 1. The first-order chi connectivity index (χ1) is 13.4. The molecule has 0 radical (unpaired) electrons. The first kappa shape index (κ1) is 22.8. The van der Waals surface area contributed by atoms with E-state index in [9.17, 15) is 22.8 Å². The second-order valence-electron chi connectivity index (χ2n) is 6.11. The molecule has 1 aromatic heterocycles. The molecule has 1 atom stereocenters. The first-order valence-electron chi connectivity index (χ1n) is 8.06. The number of nitrogens with one attached hydrogen (secondary N) is 2. The molecule has 0 fully saturated rings. The maximum atomic E-state index is 14.1. The summed E-state index contributed by atoms with van der Waals surface area (Å²) in [5.41, 5.74) is -2.94. The van der Waals surface area contributed by atoms with E-state index in [0.29, 0.717) is 11.3 Å². The van der Waals surface area contributed by atoms with Gasteiger partial charge in [-0.05, 0) is 49.7 Å². The normalized spacial score (nSPS) is 13.4. The van der Waals surface area contributed by atoms with Gasteiger partial charge in [-0.25, -0.2) is 9.78 Å². The number of hydrogen-bond donors (Lipinski definition) is 2. The number of halogens is 5. The predicted molar refractivity (Wildman–Crippen MR) is 102 cm³/mol. The van der Waals surface area contributed by atoms with Gasteiger partial charge in [-0.15, -0.1) is 0 Å². The molecule has 0 aliphatic carbocycles. The number of hydrogen-bond acceptors (Lipinski definition) is 5. The molecule has 0 unspecified atom stereocenters. The van der Waals surface area contributed by atoms with Gasteiger partial charge in [0, 0.05) is 10.7 Å². The smallest absolute Gasteiger partial charge is 0.441 e. The van der Waals surface area contributed by atoms with Crippen molar-refractivity contribution in [1.29, 1.82) is 0 Å². The van der Waals surface area contributed by atoms with Crippen LogP contribution in [0.5, 0.6) is 0 Å². The quantitative estimate of drug-likeness (QED) is 0.525. The third kappa shape index (κ3) is 4.91. The zero-order valence-electron chi connectivity index (χ0n) is 15.4. The van der Waals surface area contributed by atoms with Gasteiger partial charge in [0.2, 0.25) is 0 Å². The fraction of sp³-hybridized carbons (Fsp3) is 0.278. The monoisotopic (exact) mass is 449 g/mol. The standard InChI is InChI=1S/C18H16Cl2F3N3O3/c1-9-6-10(2)24-14(7-9)25-17(16(28)29-3,18(21,22)23)26-15(27)12-5-4-11(19)8-13(12)20/h4-8H,1-3H3,(H,24,25)(H,26,27)/t17-/m0/s1. The molecule has 6 nitrogen and oxygen atoms in total. The molecule has 0 saturated heterocycles. The van der Waals surface area contributed by atoms with E-state index < -0.39 is 23.7 Å². The SMILES string of the molecule is COC(=O)[C@@](NC(=O)c1ccc(Cl)cc1Cl)(Nc1cc(C)cc(C)n1)C(F)(F)F. The number of alkyl halides is 3. The summed E-state index contributed by atoms with van der Waals surface area (Å²) in [5.74, 6) is -3.34. The Morgan fingerprint density at radius 2 is 1.76 bits per heavy atom. The number of nitrogens with zero attached hydrogens (tertiary/aromatic N) is 1. The van der Waals surface area contributed by atoms with Crippen LogP contribution >= 0.6 is 23.2 Å². The van der Waals surface area contributed by atoms with Crippen molar-refractivity contribution in [3.05, 3.63) is 57.2 Å². The van der Waals surface area contributed by atoms with E-state index in [1.165, 1.54) is 18.2 Å². The van der Waals surface area contributed by atoms with E-state index in [1.54, 1.807) is 25.2 Å². The van der Waals surface area contributed by atoms with E-state index in [4.69, 9.17) is 23.2 Å². The Morgan fingerprint density at radius 3 is 2.28 bits per heavy atom. The third-order valence-electron chi connectivity index (χ3n) is 3.81. The van der Waals surface area contributed by atoms with Crippen LogP contribution in [0, 0.1) is 13.8 Å². The lowest BCUT2D eigenvalue weighted by Gasteiger charge is -2.34. The Labute approximate surface area is 174 Å². The van der Waals surface area contributed by atoms with E-state index >= 15 is 0 Å². The van der Waals surface area contributed by atoms with Gasteiger partial charge < -0.3 is 15.4 Å². The van der Waals surface area contributed by atoms with Gasteiger partial charge in [0.1, 0.15) is 5.82 Å². The highest BCUT2D eigenvalue weighted by atomic mass is 35.5. The molecule has 1 aromatic carbocycles. The van der Waals surface area contributed by atoms with Crippen molar-refractivity contribution < 1.29 is 27.5 Å². The predicted octanol–water partition coefficient (Wildman–Crippen LogP) is 4.28. The lowest BCUT2D eigenvalue weighted by atomic mass is 10.1. The molecule has 0 spiro atoms. The molecule has 0 aliphatic rings. The van der Waals surface area contributed by atoms with Gasteiger partial charge in [-0.1, -0.05) is 23.2 Å². The van der Waals surface area contributed by atoms with Crippen molar-refractivity contribution >= 4 is 40.9 Å². The molecule has 0 saturated carbocycles. The van der Waals surface area contributed by atoms with Crippen LogP contribution < -0.4 is 10.6 Å². The molecular weight excluding hydrogens is 434 g/mol. The summed E-state index contributed by atoms with van der Waals surface area (Å²) in [6, 6.07) is 6.51. The van der Waals surface area contributed by atoms with Crippen LogP contribution in [0.15, 0.2) is 30.3 Å². The fourth-order valence-electron chi connectivity index (χ4n) is 2.55. The number of aromatic nitrogens is 1. The zero-order chi connectivity index (χ0) is 22.0. The van der Waals surface area contributed by atoms with Gasteiger partial charge in [0.15, 0.2) is 0 Å². The van der Waals surface area contributed by atoms with Gasteiger partial charge in [-0.2, -0.15) is 13.2 Å². The average Bonchev–Trinajstić information content (AvgIpc) is 2.58. The van der Waals surface area contributed by atoms with Crippen LogP contribution in [0.3, 0.4) is 0 Å². The van der Waals surface area contributed by atoms with Gasteiger partial charge in [-0.3, -0.25) is 4.79 Å². The molecule has 2 rings (SSSR count). The largest absolute Gasteiger partial charge is 0.466 e.